The van der Waals surface area contributed by atoms with E-state index in [1.54, 1.807) is 48.7 Å². The summed E-state index contributed by atoms with van der Waals surface area (Å²) in [6, 6.07) is 13.1. The summed E-state index contributed by atoms with van der Waals surface area (Å²) in [5, 5.41) is 0.421. The predicted octanol–water partition coefficient (Wildman–Crippen LogP) is 4.65. The molecule has 4 aromatic rings. The minimum absolute atomic E-state index is 0.00565. The van der Waals surface area contributed by atoms with Crippen molar-refractivity contribution in [1.29, 1.82) is 0 Å². The zero-order valence-corrected chi connectivity index (χ0v) is 19.2. The van der Waals surface area contributed by atoms with E-state index < -0.39 is 17.9 Å². The highest BCUT2D eigenvalue weighted by atomic mass is 16.5. The Labute approximate surface area is 195 Å². The van der Waals surface area contributed by atoms with E-state index in [2.05, 4.69) is 4.98 Å². The minimum atomic E-state index is -0.759. The topological polar surface area (TPSA) is 89.7 Å². The Kier molecular flexibility index (Phi) is 5.05. The molecule has 0 N–H and O–H groups in total. The molecule has 7 heteroatoms. The van der Waals surface area contributed by atoms with Gasteiger partial charge in [0.05, 0.1) is 29.7 Å². The largest absolute Gasteiger partial charge is 0.465 e. The average Bonchev–Trinajstić information content (AvgIpc) is 3.12. The van der Waals surface area contributed by atoms with Crippen LogP contribution in [0.4, 0.5) is 5.82 Å². The number of ether oxygens (including phenoxy) is 1. The summed E-state index contributed by atoms with van der Waals surface area (Å²) in [6.45, 7) is 5.76. The smallest absolute Gasteiger partial charge is 0.337 e. The molecule has 3 heterocycles. The van der Waals surface area contributed by atoms with Crippen LogP contribution in [0.2, 0.25) is 0 Å². The van der Waals surface area contributed by atoms with Gasteiger partial charge in [-0.05, 0) is 79.4 Å². The van der Waals surface area contributed by atoms with Crippen LogP contribution in [0.5, 0.6) is 0 Å². The molecule has 0 fully saturated rings. The number of aryl methyl sites for hydroxylation is 3. The van der Waals surface area contributed by atoms with E-state index in [1.165, 1.54) is 12.0 Å². The first kappa shape index (κ1) is 21.6. The lowest BCUT2D eigenvalue weighted by molar-refractivity contribution is 0.0600. The molecule has 170 valence electrons. The maximum atomic E-state index is 13.7. The van der Waals surface area contributed by atoms with Crippen molar-refractivity contribution in [1.82, 2.24) is 4.98 Å². The fourth-order valence-corrected chi connectivity index (χ4v) is 4.35. The van der Waals surface area contributed by atoms with Gasteiger partial charge in [0.1, 0.15) is 11.4 Å². The molecule has 2 aromatic heterocycles. The molecule has 1 aliphatic rings. The van der Waals surface area contributed by atoms with Gasteiger partial charge >= 0.3 is 5.97 Å². The minimum Gasteiger partial charge on any atom is -0.465 e. The van der Waals surface area contributed by atoms with Gasteiger partial charge < -0.3 is 9.15 Å². The first-order chi connectivity index (χ1) is 16.3. The molecule has 0 radical (unpaired) electrons. The number of hydrogen-bond acceptors (Lipinski definition) is 6. The van der Waals surface area contributed by atoms with Crippen LogP contribution in [-0.4, -0.2) is 24.0 Å². The molecule has 1 atom stereocenters. The number of methoxy groups -OCH3 is 1. The third kappa shape index (κ3) is 3.28. The van der Waals surface area contributed by atoms with Crippen molar-refractivity contribution in [3.63, 3.8) is 0 Å². The van der Waals surface area contributed by atoms with Crippen molar-refractivity contribution in [2.75, 3.05) is 12.0 Å². The first-order valence-corrected chi connectivity index (χ1v) is 10.8. The van der Waals surface area contributed by atoms with Gasteiger partial charge in [-0.1, -0.05) is 12.1 Å². The van der Waals surface area contributed by atoms with Crippen molar-refractivity contribution >= 4 is 28.7 Å². The van der Waals surface area contributed by atoms with Gasteiger partial charge in [0.15, 0.2) is 5.43 Å². The zero-order valence-electron chi connectivity index (χ0n) is 19.2. The number of carbonyl (C=O) groups excluding carboxylic acids is 2. The van der Waals surface area contributed by atoms with Crippen molar-refractivity contribution in [3.8, 4) is 0 Å². The normalized spacial score (nSPS) is 15.0. The highest BCUT2D eigenvalue weighted by molar-refractivity contribution is 6.10. The number of anilines is 1. The lowest BCUT2D eigenvalue weighted by Crippen LogP contribution is -2.30. The average molecular weight is 454 g/mol. The van der Waals surface area contributed by atoms with Crippen molar-refractivity contribution in [2.24, 2.45) is 0 Å². The van der Waals surface area contributed by atoms with E-state index >= 15 is 0 Å². The Bertz CT molecular complexity index is 1540. The number of carbonyl (C=O) groups is 2. The number of pyridine rings is 1. The Morgan fingerprint density at radius 3 is 2.38 bits per heavy atom. The van der Waals surface area contributed by atoms with E-state index in [0.29, 0.717) is 27.9 Å². The van der Waals surface area contributed by atoms with Gasteiger partial charge in [-0.15, -0.1) is 0 Å². The number of rotatable bonds is 3. The molecule has 34 heavy (non-hydrogen) atoms. The van der Waals surface area contributed by atoms with Gasteiger partial charge in [0.2, 0.25) is 5.76 Å². The Morgan fingerprint density at radius 2 is 1.71 bits per heavy atom. The maximum absolute atomic E-state index is 13.7. The third-order valence-corrected chi connectivity index (χ3v) is 6.28. The molecular formula is C27H22N2O5. The molecule has 0 bridgehead atoms. The van der Waals surface area contributed by atoms with E-state index in [9.17, 15) is 14.4 Å². The second-order valence-electron chi connectivity index (χ2n) is 8.49. The van der Waals surface area contributed by atoms with Crippen LogP contribution >= 0.6 is 0 Å². The second kappa shape index (κ2) is 7.95. The maximum Gasteiger partial charge on any atom is 0.337 e. The lowest BCUT2D eigenvalue weighted by Gasteiger charge is -2.24. The number of aromatic nitrogens is 1. The number of nitrogens with zero attached hydrogens (tertiary/aromatic N) is 2. The number of amides is 1. The van der Waals surface area contributed by atoms with Crippen LogP contribution in [0.25, 0.3) is 11.0 Å². The first-order valence-electron chi connectivity index (χ1n) is 10.8. The van der Waals surface area contributed by atoms with Crippen LogP contribution in [0.1, 0.15) is 54.8 Å². The summed E-state index contributed by atoms with van der Waals surface area (Å²) < 4.78 is 10.8. The number of benzene rings is 2. The SMILES string of the molecule is COC(=O)c1ccc([C@H]2c3c(oc4cc(C)c(C)cc4c3=O)C(=O)N2c2cc(C)ccn2)cc1. The van der Waals surface area contributed by atoms with Crippen molar-refractivity contribution < 1.29 is 18.7 Å². The number of hydrogen-bond donors (Lipinski definition) is 0. The molecule has 2 aromatic carbocycles. The van der Waals surface area contributed by atoms with E-state index in [1.807, 2.05) is 26.8 Å². The zero-order chi connectivity index (χ0) is 24.1. The Hall–Kier alpha value is -4.26. The third-order valence-electron chi connectivity index (χ3n) is 6.28. The fourth-order valence-electron chi connectivity index (χ4n) is 4.35. The standard InChI is InChI=1S/C27H22N2O5/c1-14-9-10-28-21(11-14)29-23(17-5-7-18(8-6-17)27(32)33-4)22-24(30)19-12-15(2)16(3)13-20(19)34-25(22)26(29)31/h5-13,23H,1-4H3/t23-/m0/s1. The molecule has 0 saturated heterocycles. The van der Waals surface area contributed by atoms with Crippen LogP contribution < -0.4 is 10.3 Å². The molecule has 1 amide bonds. The van der Waals surface area contributed by atoms with Crippen LogP contribution in [0, 0.1) is 20.8 Å². The van der Waals surface area contributed by atoms with Gasteiger partial charge in [-0.3, -0.25) is 14.5 Å². The lowest BCUT2D eigenvalue weighted by atomic mass is 9.96. The predicted molar refractivity (Wildman–Crippen MR) is 127 cm³/mol. The summed E-state index contributed by atoms with van der Waals surface area (Å²) in [5.74, 6) is -0.490. The molecule has 1 aliphatic heterocycles. The fraction of sp³-hybridized carbons (Fsp3) is 0.185. The second-order valence-corrected chi connectivity index (χ2v) is 8.49. The van der Waals surface area contributed by atoms with Gasteiger partial charge in [0, 0.05) is 6.20 Å². The number of esters is 1. The molecule has 0 spiro atoms. The van der Waals surface area contributed by atoms with Gasteiger partial charge in [-0.25, -0.2) is 9.78 Å². The highest BCUT2D eigenvalue weighted by Crippen LogP contribution is 2.41. The van der Waals surface area contributed by atoms with E-state index in [4.69, 9.17) is 9.15 Å². The Balaban J connectivity index is 1.78. The van der Waals surface area contributed by atoms with Crippen LogP contribution in [0.3, 0.4) is 0 Å². The quantitative estimate of drug-likeness (QED) is 0.419. The molecule has 0 aliphatic carbocycles. The summed E-state index contributed by atoms with van der Waals surface area (Å²) >= 11 is 0. The van der Waals surface area contributed by atoms with E-state index in [-0.39, 0.29) is 16.8 Å². The Morgan fingerprint density at radius 1 is 1.00 bits per heavy atom. The van der Waals surface area contributed by atoms with Crippen molar-refractivity contribution in [3.05, 3.63) is 104 Å². The van der Waals surface area contributed by atoms with Crippen LogP contribution in [0.15, 0.2) is 63.9 Å². The molecule has 5 rings (SSSR count). The van der Waals surface area contributed by atoms with E-state index in [0.717, 1.165) is 16.7 Å². The summed E-state index contributed by atoms with van der Waals surface area (Å²) in [4.78, 5) is 45.2. The highest BCUT2D eigenvalue weighted by Gasteiger charge is 2.44. The molecule has 0 saturated carbocycles. The van der Waals surface area contributed by atoms with Gasteiger partial charge in [0.25, 0.3) is 5.91 Å². The molecular weight excluding hydrogens is 432 g/mol. The summed E-state index contributed by atoms with van der Waals surface area (Å²) in [5.41, 5.74) is 4.24. The molecule has 0 unspecified atom stereocenters. The number of fused-ring (bicyclic) bond motifs is 2. The monoisotopic (exact) mass is 454 g/mol. The van der Waals surface area contributed by atoms with Gasteiger partial charge in [-0.2, -0.15) is 0 Å². The summed E-state index contributed by atoms with van der Waals surface area (Å²) in [7, 11) is 1.31. The summed E-state index contributed by atoms with van der Waals surface area (Å²) in [6.07, 6.45) is 1.62. The van der Waals surface area contributed by atoms with Crippen molar-refractivity contribution in [2.45, 2.75) is 26.8 Å². The molecule has 7 nitrogen and oxygen atoms in total. The van der Waals surface area contributed by atoms with Crippen LogP contribution in [-0.2, 0) is 4.74 Å².